The predicted molar refractivity (Wildman–Crippen MR) is 91.3 cm³/mol. The Morgan fingerprint density at radius 2 is 1.70 bits per heavy atom. The lowest BCUT2D eigenvalue weighted by Gasteiger charge is -2.17. The number of ether oxygens (including phenoxy) is 1. The van der Waals surface area contributed by atoms with Crippen molar-refractivity contribution in [3.05, 3.63) is 26.6 Å². The molecule has 1 aliphatic carbocycles. The van der Waals surface area contributed by atoms with Crippen LogP contribution in [0.25, 0.3) is 0 Å². The fourth-order valence-corrected chi connectivity index (χ4v) is 4.25. The monoisotopic (exact) mass is 403 g/mol. The molecule has 4 heteroatoms. The van der Waals surface area contributed by atoms with E-state index in [1.54, 1.807) is 0 Å². The Morgan fingerprint density at radius 3 is 2.25 bits per heavy atom. The third-order valence-corrected chi connectivity index (χ3v) is 4.97. The maximum Gasteiger partial charge on any atom is 0.147 e. The Bertz CT molecular complexity index is 405. The molecule has 1 N–H and O–H groups in total. The Morgan fingerprint density at radius 1 is 1.10 bits per heavy atom. The molecule has 0 radical (unpaired) electrons. The van der Waals surface area contributed by atoms with Crippen LogP contribution in [0.4, 0.5) is 0 Å². The van der Waals surface area contributed by atoms with Crippen LogP contribution in [0.2, 0.25) is 0 Å². The molecule has 0 aromatic heterocycles. The Hall–Kier alpha value is -0.0600. The Balaban J connectivity index is 1.95. The van der Waals surface area contributed by atoms with Gasteiger partial charge in [-0.25, -0.2) is 0 Å². The fraction of sp³-hybridized carbons (Fsp3) is 0.625. The van der Waals surface area contributed by atoms with Gasteiger partial charge in [-0.2, -0.15) is 0 Å². The van der Waals surface area contributed by atoms with E-state index in [1.165, 1.54) is 44.1 Å². The summed E-state index contributed by atoms with van der Waals surface area (Å²) in [5.41, 5.74) is 1.29. The van der Waals surface area contributed by atoms with Crippen LogP contribution in [-0.4, -0.2) is 12.6 Å². The number of hydrogen-bond acceptors (Lipinski definition) is 2. The fourth-order valence-electron chi connectivity index (χ4n) is 2.74. The quantitative estimate of drug-likeness (QED) is 0.661. The first-order valence-corrected chi connectivity index (χ1v) is 9.13. The lowest BCUT2D eigenvalue weighted by atomic mass is 10.1. The van der Waals surface area contributed by atoms with Crippen LogP contribution in [0, 0.1) is 0 Å². The average molecular weight is 405 g/mol. The van der Waals surface area contributed by atoms with Crippen molar-refractivity contribution in [2.75, 3.05) is 6.61 Å². The number of rotatable bonds is 5. The van der Waals surface area contributed by atoms with E-state index in [-0.39, 0.29) is 0 Å². The third kappa shape index (κ3) is 4.74. The van der Waals surface area contributed by atoms with Crippen molar-refractivity contribution >= 4 is 31.9 Å². The highest BCUT2D eigenvalue weighted by Gasteiger charge is 2.13. The first-order valence-electron chi connectivity index (χ1n) is 7.54. The van der Waals surface area contributed by atoms with Crippen molar-refractivity contribution in [3.8, 4) is 5.75 Å². The van der Waals surface area contributed by atoms with E-state index >= 15 is 0 Å². The third-order valence-electron chi connectivity index (χ3n) is 3.80. The molecule has 0 saturated heterocycles. The van der Waals surface area contributed by atoms with Crippen molar-refractivity contribution in [1.29, 1.82) is 0 Å². The van der Waals surface area contributed by atoms with Crippen molar-refractivity contribution in [2.45, 2.75) is 58.0 Å². The molecule has 0 spiro atoms. The van der Waals surface area contributed by atoms with Gasteiger partial charge in [0.2, 0.25) is 0 Å². The van der Waals surface area contributed by atoms with Gasteiger partial charge in [0.1, 0.15) is 5.75 Å². The van der Waals surface area contributed by atoms with Gasteiger partial charge in [-0.15, -0.1) is 0 Å². The lowest BCUT2D eigenvalue weighted by molar-refractivity contribution is 0.336. The summed E-state index contributed by atoms with van der Waals surface area (Å²) in [4.78, 5) is 0. The molecular formula is C16H23Br2NO. The van der Waals surface area contributed by atoms with Gasteiger partial charge < -0.3 is 10.1 Å². The summed E-state index contributed by atoms with van der Waals surface area (Å²) < 4.78 is 7.66. The topological polar surface area (TPSA) is 21.3 Å². The van der Waals surface area contributed by atoms with Crippen molar-refractivity contribution in [2.24, 2.45) is 0 Å². The average Bonchev–Trinajstić information content (AvgIpc) is 2.69. The van der Waals surface area contributed by atoms with Gasteiger partial charge in [-0.1, -0.05) is 25.7 Å². The summed E-state index contributed by atoms with van der Waals surface area (Å²) in [5, 5.41) is 3.70. The highest BCUT2D eigenvalue weighted by Crippen LogP contribution is 2.34. The summed E-state index contributed by atoms with van der Waals surface area (Å²) in [6.45, 7) is 3.60. The molecular weight excluding hydrogens is 382 g/mol. The molecule has 112 valence electrons. The zero-order valence-electron chi connectivity index (χ0n) is 12.1. The summed E-state index contributed by atoms with van der Waals surface area (Å²) in [5.74, 6) is 0.894. The van der Waals surface area contributed by atoms with E-state index in [2.05, 4.69) is 49.3 Å². The highest BCUT2D eigenvalue weighted by molar-refractivity contribution is 9.11. The lowest BCUT2D eigenvalue weighted by Crippen LogP contribution is -2.27. The number of benzene rings is 1. The summed E-state index contributed by atoms with van der Waals surface area (Å²) in [6, 6.07) is 4.99. The molecule has 20 heavy (non-hydrogen) atoms. The van der Waals surface area contributed by atoms with E-state index in [9.17, 15) is 0 Å². The molecule has 1 saturated carbocycles. The molecule has 1 fully saturated rings. The molecule has 0 bridgehead atoms. The molecule has 0 atom stereocenters. The standard InChI is InChI=1S/C16H23Br2NO/c1-2-20-16-14(17)9-12(10-15(16)18)11-19-13-7-5-3-4-6-8-13/h9-10,13,19H,2-8,11H2,1H3. The SMILES string of the molecule is CCOc1c(Br)cc(CNC2CCCCCC2)cc1Br. The van der Waals surface area contributed by atoms with E-state index < -0.39 is 0 Å². The van der Waals surface area contributed by atoms with Crippen LogP contribution in [0.15, 0.2) is 21.1 Å². The molecule has 1 aliphatic rings. The van der Waals surface area contributed by atoms with Crippen LogP contribution in [0.1, 0.15) is 51.0 Å². The molecule has 2 nitrogen and oxygen atoms in total. The smallest absolute Gasteiger partial charge is 0.147 e. The van der Waals surface area contributed by atoms with Gasteiger partial charge in [-0.3, -0.25) is 0 Å². The predicted octanol–water partition coefficient (Wildman–Crippen LogP) is 5.42. The summed E-state index contributed by atoms with van der Waals surface area (Å²) in [6.07, 6.45) is 8.18. The van der Waals surface area contributed by atoms with E-state index in [4.69, 9.17) is 4.74 Å². The number of hydrogen-bond donors (Lipinski definition) is 1. The Kier molecular flexibility index (Phi) is 6.85. The molecule has 2 rings (SSSR count). The Labute approximate surface area is 138 Å². The van der Waals surface area contributed by atoms with Gasteiger partial charge in [0.15, 0.2) is 0 Å². The largest absolute Gasteiger partial charge is 0.492 e. The van der Waals surface area contributed by atoms with Gasteiger partial charge in [0.05, 0.1) is 15.6 Å². The first kappa shape index (κ1) is 16.3. The molecule has 0 amide bonds. The highest BCUT2D eigenvalue weighted by atomic mass is 79.9. The van der Waals surface area contributed by atoms with Crippen molar-refractivity contribution in [1.82, 2.24) is 5.32 Å². The van der Waals surface area contributed by atoms with Crippen LogP contribution < -0.4 is 10.1 Å². The summed E-state index contributed by atoms with van der Waals surface area (Å²) in [7, 11) is 0. The van der Waals surface area contributed by atoms with Crippen LogP contribution >= 0.6 is 31.9 Å². The second-order valence-corrected chi connectivity index (χ2v) is 7.10. The molecule has 0 unspecified atom stereocenters. The molecule has 1 aromatic carbocycles. The maximum atomic E-state index is 5.62. The second kappa shape index (κ2) is 8.40. The van der Waals surface area contributed by atoms with Gasteiger partial charge >= 0.3 is 0 Å². The molecule has 1 aromatic rings. The minimum Gasteiger partial charge on any atom is -0.492 e. The van der Waals surface area contributed by atoms with Crippen molar-refractivity contribution in [3.63, 3.8) is 0 Å². The minimum absolute atomic E-state index is 0.677. The van der Waals surface area contributed by atoms with Crippen LogP contribution in [0.5, 0.6) is 5.75 Å². The van der Waals surface area contributed by atoms with Gasteiger partial charge in [-0.05, 0) is 69.3 Å². The van der Waals surface area contributed by atoms with Gasteiger partial charge in [0.25, 0.3) is 0 Å². The van der Waals surface area contributed by atoms with Gasteiger partial charge in [0, 0.05) is 12.6 Å². The summed E-state index contributed by atoms with van der Waals surface area (Å²) >= 11 is 7.19. The first-order chi connectivity index (χ1) is 9.70. The van der Waals surface area contributed by atoms with E-state index in [0.29, 0.717) is 12.6 Å². The minimum atomic E-state index is 0.677. The van der Waals surface area contributed by atoms with E-state index in [0.717, 1.165) is 21.2 Å². The molecule has 0 aliphatic heterocycles. The van der Waals surface area contributed by atoms with Crippen LogP contribution in [-0.2, 0) is 6.54 Å². The normalized spacial score (nSPS) is 16.9. The number of nitrogens with one attached hydrogen (secondary N) is 1. The van der Waals surface area contributed by atoms with E-state index in [1.807, 2.05) is 6.92 Å². The number of halogens is 2. The zero-order valence-corrected chi connectivity index (χ0v) is 15.2. The van der Waals surface area contributed by atoms with Crippen LogP contribution in [0.3, 0.4) is 0 Å². The van der Waals surface area contributed by atoms with Crippen molar-refractivity contribution < 1.29 is 4.74 Å². The second-order valence-electron chi connectivity index (χ2n) is 5.39. The molecule has 0 heterocycles. The zero-order chi connectivity index (χ0) is 14.4. The maximum absolute atomic E-state index is 5.62.